The summed E-state index contributed by atoms with van der Waals surface area (Å²) >= 11 is 5.50. The second-order valence-corrected chi connectivity index (χ2v) is 7.86. The van der Waals surface area contributed by atoms with Crippen molar-refractivity contribution in [3.05, 3.63) is 77.1 Å². The van der Waals surface area contributed by atoms with Crippen molar-refractivity contribution in [3.8, 4) is 17.1 Å². The Balaban J connectivity index is 1.47. The average molecular weight is 421 g/mol. The zero-order chi connectivity index (χ0) is 21.1. The van der Waals surface area contributed by atoms with E-state index in [4.69, 9.17) is 12.2 Å². The van der Waals surface area contributed by atoms with Crippen molar-refractivity contribution in [2.24, 2.45) is 0 Å². The first-order valence-corrected chi connectivity index (χ1v) is 10.5. The minimum atomic E-state index is 0.285. The highest BCUT2D eigenvalue weighted by molar-refractivity contribution is 7.71. The van der Waals surface area contributed by atoms with Gasteiger partial charge in [-0.05, 0) is 43.3 Å². The molecule has 154 valence electrons. The topological polar surface area (TPSA) is 68.8 Å². The number of hydrogen-bond donors (Lipinski definition) is 2. The monoisotopic (exact) mass is 420 g/mol. The minimum Gasteiger partial charge on any atom is -0.313 e. The van der Waals surface area contributed by atoms with Crippen molar-refractivity contribution in [1.29, 1.82) is 0 Å². The fourth-order valence-electron chi connectivity index (χ4n) is 3.42. The van der Waals surface area contributed by atoms with Gasteiger partial charge in [-0.15, -0.1) is 0 Å². The molecule has 0 fully saturated rings. The third-order valence-electron chi connectivity index (χ3n) is 5.54. The number of nitrogens with zero attached hydrogens (tertiary/aromatic N) is 5. The van der Waals surface area contributed by atoms with Gasteiger partial charge in [0.25, 0.3) is 0 Å². The Bertz CT molecular complexity index is 1140. The molecule has 0 amide bonds. The lowest BCUT2D eigenvalue weighted by Gasteiger charge is -2.22. The fraction of sp³-hybridized carbons (Fsp3) is 0.273. The molecule has 0 radical (unpaired) electrons. The summed E-state index contributed by atoms with van der Waals surface area (Å²) in [6.07, 6.45) is 4.26. The van der Waals surface area contributed by atoms with Crippen LogP contribution in [0.15, 0.2) is 61.2 Å². The molecule has 7 nitrogen and oxygen atoms in total. The number of H-pyrrole nitrogens is 1. The molecule has 2 atom stereocenters. The number of nitrogens with one attached hydrogen (secondary N) is 2. The SMILES string of the molecule is CCc1ccc(-c2nc(=S)n(C[NH+](C)[C@H](C)c3ccc(-n4cncn4)cc3)[nH]2)cc1. The summed E-state index contributed by atoms with van der Waals surface area (Å²) in [5, 5.41) is 7.54. The van der Waals surface area contributed by atoms with Gasteiger partial charge < -0.3 is 4.90 Å². The molecule has 0 spiro atoms. The van der Waals surface area contributed by atoms with Gasteiger partial charge in [-0.2, -0.15) is 10.1 Å². The zero-order valence-corrected chi connectivity index (χ0v) is 18.2. The second kappa shape index (κ2) is 8.73. The number of rotatable bonds is 7. The van der Waals surface area contributed by atoms with Gasteiger partial charge in [0.15, 0.2) is 12.5 Å². The first-order chi connectivity index (χ1) is 14.5. The standard InChI is InChI=1S/C22H25N7S/c1-4-17-5-7-19(8-6-17)21-25-22(30)29(26-21)15-27(3)16(2)18-9-11-20(12-10-18)28-14-23-13-24-28/h5-14,16H,4,15H2,1-3H3,(H,25,26,30)/p+1/t16-/m1/s1. The predicted octanol–water partition coefficient (Wildman–Crippen LogP) is 2.98. The zero-order valence-electron chi connectivity index (χ0n) is 17.4. The summed E-state index contributed by atoms with van der Waals surface area (Å²) in [5.74, 6) is 0.806. The summed E-state index contributed by atoms with van der Waals surface area (Å²) in [4.78, 5) is 9.85. The molecule has 4 rings (SSSR count). The van der Waals surface area contributed by atoms with Gasteiger partial charge in [0.1, 0.15) is 18.7 Å². The van der Waals surface area contributed by atoms with Gasteiger partial charge in [0.05, 0.1) is 12.7 Å². The van der Waals surface area contributed by atoms with Gasteiger partial charge in [-0.1, -0.05) is 43.3 Å². The number of quaternary nitrogens is 1. The maximum Gasteiger partial charge on any atom is 0.221 e. The van der Waals surface area contributed by atoms with E-state index in [1.54, 1.807) is 11.0 Å². The van der Waals surface area contributed by atoms with Crippen LogP contribution in [0.4, 0.5) is 0 Å². The molecular weight excluding hydrogens is 394 g/mol. The summed E-state index contributed by atoms with van der Waals surface area (Å²) < 4.78 is 4.26. The molecular formula is C22H26N7S+. The van der Waals surface area contributed by atoms with Crippen LogP contribution in [0, 0.1) is 4.77 Å². The van der Waals surface area contributed by atoms with Crippen LogP contribution in [0.25, 0.3) is 17.1 Å². The molecule has 0 aliphatic carbocycles. The van der Waals surface area contributed by atoms with Gasteiger partial charge in [-0.25, -0.2) is 14.3 Å². The summed E-state index contributed by atoms with van der Waals surface area (Å²) in [6, 6.07) is 17.1. The minimum absolute atomic E-state index is 0.285. The maximum absolute atomic E-state index is 5.50. The smallest absolute Gasteiger partial charge is 0.221 e. The maximum atomic E-state index is 5.50. The molecule has 30 heavy (non-hydrogen) atoms. The van der Waals surface area contributed by atoms with E-state index >= 15 is 0 Å². The molecule has 0 saturated carbocycles. The molecule has 2 aromatic heterocycles. The summed E-state index contributed by atoms with van der Waals surface area (Å²) in [7, 11) is 2.16. The quantitative estimate of drug-likeness (QED) is 0.451. The number of aryl methyl sites for hydroxylation is 1. The fourth-order valence-corrected chi connectivity index (χ4v) is 3.62. The van der Waals surface area contributed by atoms with Crippen LogP contribution in [-0.4, -0.2) is 36.6 Å². The highest BCUT2D eigenvalue weighted by atomic mass is 32.1. The van der Waals surface area contributed by atoms with E-state index in [-0.39, 0.29) is 6.04 Å². The van der Waals surface area contributed by atoms with Gasteiger partial charge in [0, 0.05) is 11.1 Å². The summed E-state index contributed by atoms with van der Waals surface area (Å²) in [6.45, 7) is 5.06. The number of aromatic nitrogens is 6. The lowest BCUT2D eigenvalue weighted by Crippen LogP contribution is -3.08. The van der Waals surface area contributed by atoms with Crippen molar-refractivity contribution in [2.45, 2.75) is 33.0 Å². The Hall–Kier alpha value is -3.10. The molecule has 1 unspecified atom stereocenters. The van der Waals surface area contributed by atoms with Crippen molar-refractivity contribution in [1.82, 2.24) is 29.5 Å². The second-order valence-electron chi connectivity index (χ2n) is 7.49. The molecule has 8 heteroatoms. The van der Waals surface area contributed by atoms with E-state index in [0.29, 0.717) is 11.4 Å². The van der Waals surface area contributed by atoms with E-state index in [0.717, 1.165) is 23.5 Å². The van der Waals surface area contributed by atoms with Crippen LogP contribution in [0.2, 0.25) is 0 Å². The Labute approximate surface area is 181 Å². The molecule has 2 heterocycles. The Morgan fingerprint density at radius 2 is 1.83 bits per heavy atom. The van der Waals surface area contributed by atoms with E-state index < -0.39 is 0 Å². The van der Waals surface area contributed by atoms with Gasteiger partial charge in [0.2, 0.25) is 4.77 Å². The van der Waals surface area contributed by atoms with E-state index in [2.05, 4.69) is 89.6 Å². The van der Waals surface area contributed by atoms with Crippen LogP contribution < -0.4 is 4.90 Å². The lowest BCUT2D eigenvalue weighted by molar-refractivity contribution is -0.933. The van der Waals surface area contributed by atoms with E-state index in [9.17, 15) is 0 Å². The molecule has 0 saturated heterocycles. The van der Waals surface area contributed by atoms with Crippen LogP contribution in [0.1, 0.15) is 31.0 Å². The van der Waals surface area contributed by atoms with Crippen molar-refractivity contribution >= 4 is 12.2 Å². The van der Waals surface area contributed by atoms with E-state index in [1.165, 1.54) is 22.4 Å². The van der Waals surface area contributed by atoms with E-state index in [1.807, 2.05) is 4.68 Å². The molecule has 4 aromatic rings. The molecule has 0 bridgehead atoms. The first kappa shape index (κ1) is 20.2. The highest BCUT2D eigenvalue weighted by Gasteiger charge is 2.17. The van der Waals surface area contributed by atoms with Crippen molar-refractivity contribution in [2.75, 3.05) is 7.05 Å². The Morgan fingerprint density at radius 3 is 2.47 bits per heavy atom. The Morgan fingerprint density at radius 1 is 1.10 bits per heavy atom. The molecule has 2 N–H and O–H groups in total. The number of aromatic amines is 1. The number of hydrogen-bond acceptors (Lipinski definition) is 4. The van der Waals surface area contributed by atoms with Crippen molar-refractivity contribution in [3.63, 3.8) is 0 Å². The highest BCUT2D eigenvalue weighted by Crippen LogP contribution is 2.16. The Kier molecular flexibility index (Phi) is 5.87. The first-order valence-electron chi connectivity index (χ1n) is 10.1. The molecule has 2 aromatic carbocycles. The van der Waals surface area contributed by atoms with Crippen LogP contribution >= 0.6 is 12.2 Å². The normalized spacial score (nSPS) is 13.3. The lowest BCUT2D eigenvalue weighted by atomic mass is 10.1. The average Bonchev–Trinajstić information content (AvgIpc) is 3.44. The number of benzene rings is 2. The predicted molar refractivity (Wildman–Crippen MR) is 119 cm³/mol. The third kappa shape index (κ3) is 4.24. The third-order valence-corrected chi connectivity index (χ3v) is 5.85. The van der Waals surface area contributed by atoms with Crippen LogP contribution in [0.5, 0.6) is 0 Å². The van der Waals surface area contributed by atoms with Gasteiger partial charge >= 0.3 is 0 Å². The van der Waals surface area contributed by atoms with Crippen molar-refractivity contribution < 1.29 is 4.90 Å². The van der Waals surface area contributed by atoms with Crippen LogP contribution in [0.3, 0.4) is 0 Å². The summed E-state index contributed by atoms with van der Waals surface area (Å²) in [5.41, 5.74) is 4.60. The molecule has 0 aliphatic heterocycles. The largest absolute Gasteiger partial charge is 0.313 e. The van der Waals surface area contributed by atoms with Gasteiger partial charge in [-0.3, -0.25) is 5.10 Å². The van der Waals surface area contributed by atoms with Crippen LogP contribution in [-0.2, 0) is 13.1 Å². The molecule has 0 aliphatic rings.